The Bertz CT molecular complexity index is 790. The summed E-state index contributed by atoms with van der Waals surface area (Å²) in [5.74, 6) is -0.323. The number of nitro benzene ring substituents is 1. The number of halogens is 1. The molecular formula is C20H22FN3O4. The average molecular weight is 387 g/mol. The second-order valence-electron chi connectivity index (χ2n) is 6.66. The third-order valence-corrected chi connectivity index (χ3v) is 4.97. The average Bonchev–Trinajstić information content (AvgIpc) is 2.72. The van der Waals surface area contributed by atoms with Crippen LogP contribution in [0.1, 0.15) is 18.1 Å². The zero-order valence-corrected chi connectivity index (χ0v) is 15.4. The van der Waals surface area contributed by atoms with Crippen LogP contribution in [0.25, 0.3) is 0 Å². The quantitative estimate of drug-likeness (QED) is 0.393. The number of piperazine rings is 1. The van der Waals surface area contributed by atoms with E-state index in [-0.39, 0.29) is 11.5 Å². The first-order valence-electron chi connectivity index (χ1n) is 9.13. The smallest absolute Gasteiger partial charge is 0.293 e. The molecule has 3 rings (SSSR count). The van der Waals surface area contributed by atoms with Gasteiger partial charge in [-0.2, -0.15) is 0 Å². The molecule has 0 aliphatic carbocycles. The van der Waals surface area contributed by atoms with Gasteiger partial charge in [0.05, 0.1) is 4.92 Å². The first-order valence-corrected chi connectivity index (χ1v) is 9.13. The molecule has 0 aromatic heterocycles. The zero-order valence-electron chi connectivity index (χ0n) is 15.4. The number of anilines is 1. The third kappa shape index (κ3) is 5.04. The predicted octanol–water partition coefficient (Wildman–Crippen LogP) is 3.16. The summed E-state index contributed by atoms with van der Waals surface area (Å²) in [5.41, 5.74) is 1.83. The maximum atomic E-state index is 13.1. The molecule has 7 nitrogen and oxygen atoms in total. The number of rotatable bonds is 8. The maximum Gasteiger partial charge on any atom is 0.293 e. The molecule has 1 saturated heterocycles. The fourth-order valence-corrected chi connectivity index (χ4v) is 3.37. The van der Waals surface area contributed by atoms with Crippen LogP contribution in [0.3, 0.4) is 0 Å². The molecule has 0 bridgehead atoms. The van der Waals surface area contributed by atoms with Crippen molar-refractivity contribution < 1.29 is 18.8 Å². The van der Waals surface area contributed by atoms with Crippen molar-refractivity contribution in [2.75, 3.05) is 37.6 Å². The van der Waals surface area contributed by atoms with Gasteiger partial charge in [-0.1, -0.05) is 12.1 Å². The molecule has 0 saturated carbocycles. The van der Waals surface area contributed by atoms with E-state index < -0.39 is 11.0 Å². The standard InChI is InChI=1S/C20H22FN3O4/c21-17-3-1-16(2-4-17)20(28-15-25)9-10-22-11-13-23(14-12-22)18-5-7-19(8-6-18)24(26)27/h1-8,15,20H,9-14H2. The summed E-state index contributed by atoms with van der Waals surface area (Å²) >= 11 is 0. The predicted molar refractivity (Wildman–Crippen MR) is 103 cm³/mol. The van der Waals surface area contributed by atoms with Gasteiger partial charge >= 0.3 is 0 Å². The van der Waals surface area contributed by atoms with Crippen molar-refractivity contribution in [3.05, 3.63) is 70.0 Å². The second-order valence-corrected chi connectivity index (χ2v) is 6.66. The van der Waals surface area contributed by atoms with Gasteiger partial charge in [-0.3, -0.25) is 19.8 Å². The van der Waals surface area contributed by atoms with E-state index in [9.17, 15) is 19.3 Å². The summed E-state index contributed by atoms with van der Waals surface area (Å²) in [6, 6.07) is 12.6. The molecular weight excluding hydrogens is 365 g/mol. The first-order chi connectivity index (χ1) is 13.6. The Balaban J connectivity index is 1.51. The highest BCUT2D eigenvalue weighted by atomic mass is 19.1. The van der Waals surface area contributed by atoms with Crippen LogP contribution in [-0.4, -0.2) is 49.0 Å². The summed E-state index contributed by atoms with van der Waals surface area (Å²) in [4.78, 5) is 25.6. The number of non-ortho nitro benzene ring substituents is 1. The number of hydrogen-bond acceptors (Lipinski definition) is 6. The van der Waals surface area contributed by atoms with Crippen molar-refractivity contribution in [3.63, 3.8) is 0 Å². The van der Waals surface area contributed by atoms with Crippen molar-refractivity contribution in [2.24, 2.45) is 0 Å². The van der Waals surface area contributed by atoms with Crippen molar-refractivity contribution >= 4 is 17.8 Å². The monoisotopic (exact) mass is 387 g/mol. The number of carbonyl (C=O) groups excluding carboxylic acids is 1. The number of carbonyl (C=O) groups is 1. The van der Waals surface area contributed by atoms with Crippen LogP contribution in [0.15, 0.2) is 48.5 Å². The van der Waals surface area contributed by atoms with Crippen molar-refractivity contribution in [1.82, 2.24) is 4.90 Å². The molecule has 1 heterocycles. The Morgan fingerprint density at radius 3 is 2.29 bits per heavy atom. The first kappa shape index (κ1) is 19.8. The lowest BCUT2D eigenvalue weighted by molar-refractivity contribution is -0.384. The lowest BCUT2D eigenvalue weighted by Gasteiger charge is -2.36. The summed E-state index contributed by atoms with van der Waals surface area (Å²) in [5, 5.41) is 10.8. The fraction of sp³-hybridized carbons (Fsp3) is 0.350. The van der Waals surface area contributed by atoms with Gasteiger partial charge in [0.15, 0.2) is 0 Å². The largest absolute Gasteiger partial charge is 0.460 e. The highest BCUT2D eigenvalue weighted by Crippen LogP contribution is 2.23. The Morgan fingerprint density at radius 2 is 1.71 bits per heavy atom. The summed E-state index contributed by atoms with van der Waals surface area (Å²) in [7, 11) is 0. The number of ether oxygens (including phenoxy) is 1. The number of benzene rings is 2. The van der Waals surface area contributed by atoms with E-state index in [1.54, 1.807) is 24.3 Å². The molecule has 1 unspecified atom stereocenters. The number of nitrogens with zero attached hydrogens (tertiary/aromatic N) is 3. The van der Waals surface area contributed by atoms with Crippen LogP contribution in [0.5, 0.6) is 0 Å². The van der Waals surface area contributed by atoms with E-state index in [2.05, 4.69) is 9.80 Å². The van der Waals surface area contributed by atoms with Crippen molar-refractivity contribution in [1.29, 1.82) is 0 Å². The lowest BCUT2D eigenvalue weighted by atomic mass is 10.1. The maximum absolute atomic E-state index is 13.1. The van der Waals surface area contributed by atoms with Gasteiger partial charge in [-0.05, 0) is 29.8 Å². The highest BCUT2D eigenvalue weighted by molar-refractivity contribution is 5.51. The minimum absolute atomic E-state index is 0.0874. The van der Waals surface area contributed by atoms with Crippen LogP contribution >= 0.6 is 0 Å². The Kier molecular flexibility index (Phi) is 6.54. The summed E-state index contributed by atoms with van der Waals surface area (Å²) in [6.07, 6.45) is 0.229. The highest BCUT2D eigenvalue weighted by Gasteiger charge is 2.20. The molecule has 0 spiro atoms. The normalized spacial score (nSPS) is 15.8. The number of nitro groups is 1. The van der Waals surface area contributed by atoms with E-state index in [1.165, 1.54) is 24.3 Å². The molecule has 0 amide bonds. The van der Waals surface area contributed by atoms with Gasteiger partial charge in [0.2, 0.25) is 0 Å². The Labute approximate surface area is 162 Å². The van der Waals surface area contributed by atoms with E-state index in [0.29, 0.717) is 12.9 Å². The van der Waals surface area contributed by atoms with E-state index in [4.69, 9.17) is 4.74 Å². The van der Waals surface area contributed by atoms with E-state index in [0.717, 1.165) is 44.0 Å². The zero-order chi connectivity index (χ0) is 19.9. The minimum Gasteiger partial charge on any atom is -0.460 e. The molecule has 1 fully saturated rings. The molecule has 1 atom stereocenters. The number of hydrogen-bond donors (Lipinski definition) is 0. The molecule has 148 valence electrons. The molecule has 1 aliphatic rings. The van der Waals surface area contributed by atoms with Gasteiger partial charge in [0, 0.05) is 57.0 Å². The molecule has 1 aliphatic heterocycles. The topological polar surface area (TPSA) is 75.9 Å². The second kappa shape index (κ2) is 9.27. The van der Waals surface area contributed by atoms with Crippen molar-refractivity contribution in [2.45, 2.75) is 12.5 Å². The Hall–Kier alpha value is -3.00. The van der Waals surface area contributed by atoms with Crippen LogP contribution in [0, 0.1) is 15.9 Å². The van der Waals surface area contributed by atoms with E-state index >= 15 is 0 Å². The third-order valence-electron chi connectivity index (χ3n) is 4.97. The molecule has 28 heavy (non-hydrogen) atoms. The summed E-state index contributed by atoms with van der Waals surface area (Å²) < 4.78 is 18.3. The van der Waals surface area contributed by atoms with Crippen LogP contribution in [0.2, 0.25) is 0 Å². The van der Waals surface area contributed by atoms with Crippen LogP contribution < -0.4 is 4.90 Å². The molecule has 0 radical (unpaired) electrons. The SMILES string of the molecule is O=COC(CCN1CCN(c2ccc([N+](=O)[O-])cc2)CC1)c1ccc(F)cc1. The van der Waals surface area contributed by atoms with Crippen LogP contribution in [-0.2, 0) is 9.53 Å². The Morgan fingerprint density at radius 1 is 1.07 bits per heavy atom. The molecule has 8 heteroatoms. The van der Waals surface area contributed by atoms with Gasteiger partial charge < -0.3 is 9.64 Å². The van der Waals surface area contributed by atoms with E-state index in [1.807, 2.05) is 0 Å². The van der Waals surface area contributed by atoms with Gasteiger partial charge in [0.25, 0.3) is 12.2 Å². The van der Waals surface area contributed by atoms with Gasteiger partial charge in [-0.15, -0.1) is 0 Å². The van der Waals surface area contributed by atoms with Crippen molar-refractivity contribution in [3.8, 4) is 0 Å². The fourth-order valence-electron chi connectivity index (χ4n) is 3.37. The van der Waals surface area contributed by atoms with Gasteiger partial charge in [0.1, 0.15) is 11.9 Å². The summed E-state index contributed by atoms with van der Waals surface area (Å²) in [6.45, 7) is 4.49. The molecule has 2 aromatic rings. The molecule has 2 aromatic carbocycles. The van der Waals surface area contributed by atoms with Gasteiger partial charge in [-0.25, -0.2) is 4.39 Å². The molecule has 0 N–H and O–H groups in total. The minimum atomic E-state index is -0.402. The lowest BCUT2D eigenvalue weighted by Crippen LogP contribution is -2.46. The van der Waals surface area contributed by atoms with Crippen LogP contribution in [0.4, 0.5) is 15.8 Å².